The fraction of sp³-hybridized carbons (Fsp3) is 0.143. The quantitative estimate of drug-likeness (QED) is 0.634. The summed E-state index contributed by atoms with van der Waals surface area (Å²) >= 11 is 6.10. The lowest BCUT2D eigenvalue weighted by atomic mass is 10.1. The fourth-order valence-corrected chi connectivity index (χ4v) is 2.79. The summed E-state index contributed by atoms with van der Waals surface area (Å²) in [6.07, 6.45) is 2.46. The number of carbonyl (C=O) groups is 2. The first-order valence-corrected chi connectivity index (χ1v) is 8.93. The third-order valence-electron chi connectivity index (χ3n) is 4.01. The van der Waals surface area contributed by atoms with Crippen LogP contribution in [0.3, 0.4) is 0 Å². The van der Waals surface area contributed by atoms with Gasteiger partial charge in [0.05, 0.1) is 12.8 Å². The molecule has 0 aliphatic rings. The second-order valence-electron chi connectivity index (χ2n) is 5.98. The third-order valence-corrected chi connectivity index (χ3v) is 4.38. The summed E-state index contributed by atoms with van der Waals surface area (Å²) in [7, 11) is 0. The van der Waals surface area contributed by atoms with Crippen molar-refractivity contribution in [2.45, 2.75) is 19.4 Å². The molecule has 0 aliphatic heterocycles. The molecular weight excluding hydrogens is 364 g/mol. The topological polar surface area (TPSA) is 71.3 Å². The van der Waals surface area contributed by atoms with Gasteiger partial charge >= 0.3 is 0 Å². The Bertz CT molecular complexity index is 905. The number of nitrogens with one attached hydrogen (secondary N) is 2. The summed E-state index contributed by atoms with van der Waals surface area (Å²) in [6.45, 7) is 0.326. The Hall–Kier alpha value is -3.05. The first-order chi connectivity index (χ1) is 13.1. The highest BCUT2D eigenvalue weighted by Gasteiger charge is 2.08. The molecule has 0 radical (unpaired) electrons. The number of hydrogen-bond donors (Lipinski definition) is 2. The lowest BCUT2D eigenvalue weighted by Crippen LogP contribution is -2.22. The highest BCUT2D eigenvalue weighted by molar-refractivity contribution is 6.31. The molecule has 2 aromatic carbocycles. The van der Waals surface area contributed by atoms with Crippen LogP contribution in [0.4, 0.5) is 5.69 Å². The largest absolute Gasteiger partial charge is 0.467 e. The van der Waals surface area contributed by atoms with Crippen molar-refractivity contribution in [1.29, 1.82) is 0 Å². The molecule has 138 valence electrons. The van der Waals surface area contributed by atoms with Gasteiger partial charge in [0.1, 0.15) is 5.76 Å². The minimum atomic E-state index is -0.206. The number of hydrogen-bond acceptors (Lipinski definition) is 3. The SMILES string of the molecule is O=C(CCc1ccccc1Cl)Nc1ccc(C(=O)NCc2ccco2)cc1. The molecule has 27 heavy (non-hydrogen) atoms. The monoisotopic (exact) mass is 382 g/mol. The summed E-state index contributed by atoms with van der Waals surface area (Å²) < 4.78 is 5.17. The molecule has 0 spiro atoms. The number of benzene rings is 2. The van der Waals surface area contributed by atoms with Crippen molar-refractivity contribution in [3.8, 4) is 0 Å². The zero-order valence-electron chi connectivity index (χ0n) is 14.6. The Balaban J connectivity index is 1.48. The van der Waals surface area contributed by atoms with E-state index in [1.807, 2.05) is 24.3 Å². The van der Waals surface area contributed by atoms with Crippen LogP contribution in [0, 0.1) is 0 Å². The van der Waals surface area contributed by atoms with Gasteiger partial charge in [-0.1, -0.05) is 29.8 Å². The molecule has 3 aromatic rings. The molecule has 0 aliphatic carbocycles. The fourth-order valence-electron chi connectivity index (χ4n) is 2.56. The molecule has 3 rings (SSSR count). The lowest BCUT2D eigenvalue weighted by molar-refractivity contribution is -0.116. The molecule has 0 bridgehead atoms. The number of aryl methyl sites for hydroxylation is 1. The molecule has 5 nitrogen and oxygen atoms in total. The van der Waals surface area contributed by atoms with Crippen LogP contribution >= 0.6 is 11.6 Å². The molecule has 0 unspecified atom stereocenters. The van der Waals surface area contributed by atoms with E-state index in [9.17, 15) is 9.59 Å². The summed E-state index contributed by atoms with van der Waals surface area (Å²) in [5.74, 6) is 0.374. The third kappa shape index (κ3) is 5.46. The van der Waals surface area contributed by atoms with Crippen LogP contribution in [0.15, 0.2) is 71.3 Å². The van der Waals surface area contributed by atoms with E-state index in [0.29, 0.717) is 41.4 Å². The molecule has 2 N–H and O–H groups in total. The van der Waals surface area contributed by atoms with E-state index in [0.717, 1.165) is 5.56 Å². The zero-order chi connectivity index (χ0) is 19.1. The van der Waals surface area contributed by atoms with Gasteiger partial charge in [0.2, 0.25) is 5.91 Å². The Morgan fingerprint density at radius 1 is 0.963 bits per heavy atom. The first kappa shape index (κ1) is 18.7. The average Bonchev–Trinajstić information content (AvgIpc) is 3.20. The smallest absolute Gasteiger partial charge is 0.251 e. The van der Waals surface area contributed by atoms with Gasteiger partial charge in [0.15, 0.2) is 0 Å². The van der Waals surface area contributed by atoms with E-state index in [2.05, 4.69) is 10.6 Å². The lowest BCUT2D eigenvalue weighted by Gasteiger charge is -2.08. The maximum Gasteiger partial charge on any atom is 0.251 e. The molecular formula is C21H19ClN2O3. The molecule has 2 amide bonds. The highest BCUT2D eigenvalue weighted by atomic mass is 35.5. The van der Waals surface area contributed by atoms with E-state index in [4.69, 9.17) is 16.0 Å². The number of anilines is 1. The Morgan fingerprint density at radius 2 is 1.74 bits per heavy atom. The van der Waals surface area contributed by atoms with Gasteiger partial charge in [-0.15, -0.1) is 0 Å². The van der Waals surface area contributed by atoms with Crippen LogP contribution in [-0.2, 0) is 17.8 Å². The van der Waals surface area contributed by atoms with Crippen molar-refractivity contribution in [2.24, 2.45) is 0 Å². The minimum absolute atomic E-state index is 0.107. The summed E-state index contributed by atoms with van der Waals surface area (Å²) in [4.78, 5) is 24.2. The van der Waals surface area contributed by atoms with Crippen molar-refractivity contribution in [3.63, 3.8) is 0 Å². The molecule has 0 saturated carbocycles. The number of amides is 2. The first-order valence-electron chi connectivity index (χ1n) is 8.56. The number of carbonyl (C=O) groups excluding carboxylic acids is 2. The Kier molecular flexibility index (Phi) is 6.28. The van der Waals surface area contributed by atoms with Crippen LogP contribution in [-0.4, -0.2) is 11.8 Å². The predicted octanol–water partition coefficient (Wildman–Crippen LogP) is 4.43. The molecule has 0 fully saturated rings. The van der Waals surface area contributed by atoms with Crippen LogP contribution < -0.4 is 10.6 Å². The molecule has 1 aromatic heterocycles. The second kappa shape index (κ2) is 9.05. The normalized spacial score (nSPS) is 10.4. The van der Waals surface area contributed by atoms with Crippen molar-refractivity contribution in [2.75, 3.05) is 5.32 Å². The van der Waals surface area contributed by atoms with E-state index in [1.54, 1.807) is 42.7 Å². The van der Waals surface area contributed by atoms with E-state index >= 15 is 0 Å². The molecule has 1 heterocycles. The maximum absolute atomic E-state index is 12.1. The van der Waals surface area contributed by atoms with Crippen LogP contribution in [0.1, 0.15) is 28.1 Å². The summed E-state index contributed by atoms with van der Waals surface area (Å²) in [5.41, 5.74) is 2.09. The van der Waals surface area contributed by atoms with Crippen molar-refractivity contribution >= 4 is 29.1 Å². The van der Waals surface area contributed by atoms with E-state index in [1.165, 1.54) is 0 Å². The van der Waals surface area contributed by atoms with Gasteiger partial charge in [0, 0.05) is 22.7 Å². The van der Waals surface area contributed by atoms with Crippen LogP contribution in [0.5, 0.6) is 0 Å². The van der Waals surface area contributed by atoms with Crippen LogP contribution in [0.2, 0.25) is 5.02 Å². The average molecular weight is 383 g/mol. The van der Waals surface area contributed by atoms with Gasteiger partial charge in [-0.3, -0.25) is 9.59 Å². The van der Waals surface area contributed by atoms with Crippen molar-refractivity contribution < 1.29 is 14.0 Å². The van der Waals surface area contributed by atoms with Crippen molar-refractivity contribution in [1.82, 2.24) is 5.32 Å². The molecule has 6 heteroatoms. The minimum Gasteiger partial charge on any atom is -0.467 e. The second-order valence-corrected chi connectivity index (χ2v) is 6.39. The van der Waals surface area contributed by atoms with Gasteiger partial charge in [-0.25, -0.2) is 0 Å². The van der Waals surface area contributed by atoms with Crippen LogP contribution in [0.25, 0.3) is 0 Å². The van der Waals surface area contributed by atoms with Gasteiger partial charge in [-0.05, 0) is 54.4 Å². The zero-order valence-corrected chi connectivity index (χ0v) is 15.3. The van der Waals surface area contributed by atoms with Crippen molar-refractivity contribution in [3.05, 3.63) is 88.8 Å². The van der Waals surface area contributed by atoms with Gasteiger partial charge in [0.25, 0.3) is 5.91 Å². The molecule has 0 saturated heterocycles. The molecule has 0 atom stereocenters. The van der Waals surface area contributed by atoms with E-state index in [-0.39, 0.29) is 11.8 Å². The van der Waals surface area contributed by atoms with E-state index < -0.39 is 0 Å². The number of rotatable bonds is 7. The highest BCUT2D eigenvalue weighted by Crippen LogP contribution is 2.17. The Morgan fingerprint density at radius 3 is 2.44 bits per heavy atom. The van der Waals surface area contributed by atoms with Gasteiger partial charge < -0.3 is 15.1 Å². The maximum atomic E-state index is 12.1. The van der Waals surface area contributed by atoms with Gasteiger partial charge in [-0.2, -0.15) is 0 Å². The predicted molar refractivity (Wildman–Crippen MR) is 105 cm³/mol. The number of furan rings is 1. The number of halogens is 1. The summed E-state index contributed by atoms with van der Waals surface area (Å²) in [6, 6.07) is 17.8. The standard InChI is InChI=1S/C21H19ClN2O3/c22-19-6-2-1-4-15(19)9-12-20(25)24-17-10-7-16(8-11-17)21(26)23-14-18-5-3-13-27-18/h1-8,10-11,13H,9,12,14H2,(H,23,26)(H,24,25). The summed E-state index contributed by atoms with van der Waals surface area (Å²) in [5, 5.41) is 6.26. The Labute approximate surface area is 162 Å².